The molecule has 2 heterocycles. The van der Waals surface area contributed by atoms with Crippen molar-refractivity contribution in [2.75, 3.05) is 11.9 Å². The maximum Gasteiger partial charge on any atom is 0.261 e. The molecule has 5 rings (SSSR count). The number of carbonyl (C=O) groups is 2. The number of para-hydroxylation sites is 1. The minimum Gasteiger partial charge on any atom is -0.415 e. The number of hydrogen-bond donors (Lipinski definition) is 0. The van der Waals surface area contributed by atoms with Gasteiger partial charge in [0.15, 0.2) is 9.76 Å². The summed E-state index contributed by atoms with van der Waals surface area (Å²) in [6.07, 6.45) is 0. The van der Waals surface area contributed by atoms with Gasteiger partial charge in [-0.2, -0.15) is 0 Å². The fourth-order valence-electron chi connectivity index (χ4n) is 4.60. The zero-order valence-corrected chi connectivity index (χ0v) is 23.9. The standard InChI is InChI=1S/C29H32N2O3SSi/c1-28(2,3)36-34-29(4,5)19-14-15-20-21(16-19)27(33)31(26(20)32)17-18-10-9-12-23-25(18)35-24-13-8-7-11-22(24)30(23)6/h7-16H,17,36H2,1-6H3. The molecule has 0 fully saturated rings. The van der Waals surface area contributed by atoms with Gasteiger partial charge in [-0.05, 0) is 60.3 Å². The van der Waals surface area contributed by atoms with E-state index in [0.29, 0.717) is 11.1 Å². The van der Waals surface area contributed by atoms with Crippen LogP contribution in [0, 0.1) is 0 Å². The number of anilines is 2. The second-order valence-electron chi connectivity index (χ2n) is 11.2. The van der Waals surface area contributed by atoms with Crippen molar-refractivity contribution in [2.45, 2.75) is 61.6 Å². The molecule has 0 aliphatic carbocycles. The van der Waals surface area contributed by atoms with Gasteiger partial charge in [-0.15, -0.1) is 0 Å². The van der Waals surface area contributed by atoms with Crippen LogP contribution in [0.5, 0.6) is 0 Å². The second-order valence-corrected chi connectivity index (χ2v) is 15.0. The van der Waals surface area contributed by atoms with E-state index in [-0.39, 0.29) is 23.4 Å². The molecule has 2 aliphatic rings. The molecule has 0 atom stereocenters. The maximum atomic E-state index is 13.5. The van der Waals surface area contributed by atoms with Gasteiger partial charge in [0.2, 0.25) is 0 Å². The first-order valence-electron chi connectivity index (χ1n) is 12.2. The summed E-state index contributed by atoms with van der Waals surface area (Å²) < 4.78 is 6.35. The van der Waals surface area contributed by atoms with Crippen LogP contribution in [0.2, 0.25) is 5.04 Å². The van der Waals surface area contributed by atoms with Crippen molar-refractivity contribution in [3.63, 3.8) is 0 Å². The zero-order chi connectivity index (χ0) is 25.8. The number of nitrogens with zero attached hydrogens (tertiary/aromatic N) is 2. The van der Waals surface area contributed by atoms with Crippen LogP contribution in [0.4, 0.5) is 11.4 Å². The van der Waals surface area contributed by atoms with Crippen molar-refractivity contribution in [2.24, 2.45) is 0 Å². The predicted octanol–water partition coefficient (Wildman–Crippen LogP) is 6.27. The molecule has 0 radical (unpaired) electrons. The van der Waals surface area contributed by atoms with E-state index in [2.05, 4.69) is 50.9 Å². The third-order valence-electron chi connectivity index (χ3n) is 6.74. The van der Waals surface area contributed by atoms with Gasteiger partial charge >= 0.3 is 0 Å². The lowest BCUT2D eigenvalue weighted by atomic mass is 9.95. The fourth-order valence-corrected chi connectivity index (χ4v) is 6.81. The van der Waals surface area contributed by atoms with Crippen molar-refractivity contribution >= 4 is 44.7 Å². The van der Waals surface area contributed by atoms with Crippen molar-refractivity contribution in [1.82, 2.24) is 4.90 Å². The highest BCUT2D eigenvalue weighted by atomic mass is 32.2. The van der Waals surface area contributed by atoms with E-state index in [9.17, 15) is 9.59 Å². The molecule has 0 unspecified atom stereocenters. The maximum absolute atomic E-state index is 13.5. The molecule has 0 saturated heterocycles. The lowest BCUT2D eigenvalue weighted by molar-refractivity contribution is 0.0641. The quantitative estimate of drug-likeness (QED) is 0.296. The summed E-state index contributed by atoms with van der Waals surface area (Å²) in [7, 11) is 1.27. The Hall–Kier alpha value is -2.87. The highest BCUT2D eigenvalue weighted by Gasteiger charge is 2.38. The van der Waals surface area contributed by atoms with E-state index >= 15 is 0 Å². The first-order valence-corrected chi connectivity index (χ1v) is 14.3. The average Bonchev–Trinajstić information content (AvgIpc) is 3.07. The predicted molar refractivity (Wildman–Crippen MR) is 148 cm³/mol. The Bertz CT molecular complexity index is 1380. The molecule has 3 aromatic rings. The summed E-state index contributed by atoms with van der Waals surface area (Å²) in [6.45, 7) is 10.9. The minimum atomic E-state index is -0.786. The Morgan fingerprint density at radius 3 is 2.31 bits per heavy atom. The van der Waals surface area contributed by atoms with Crippen molar-refractivity contribution in [3.05, 3.63) is 82.9 Å². The van der Waals surface area contributed by atoms with Crippen LogP contribution in [0.3, 0.4) is 0 Å². The summed E-state index contributed by atoms with van der Waals surface area (Å²) in [5.74, 6) is -0.482. The average molecular weight is 517 g/mol. The molecule has 186 valence electrons. The van der Waals surface area contributed by atoms with Gasteiger partial charge in [-0.1, -0.05) is 62.9 Å². The molecule has 0 bridgehead atoms. The van der Waals surface area contributed by atoms with Crippen LogP contribution in [0.1, 0.15) is 66.5 Å². The van der Waals surface area contributed by atoms with E-state index in [0.717, 1.165) is 32.3 Å². The van der Waals surface area contributed by atoms with E-state index in [1.165, 1.54) is 4.90 Å². The zero-order valence-electron chi connectivity index (χ0n) is 21.7. The van der Waals surface area contributed by atoms with E-state index < -0.39 is 15.4 Å². The van der Waals surface area contributed by atoms with Crippen LogP contribution < -0.4 is 4.90 Å². The number of carbonyl (C=O) groups excluding carboxylic acids is 2. The van der Waals surface area contributed by atoms with Crippen LogP contribution >= 0.6 is 11.8 Å². The summed E-state index contributed by atoms with van der Waals surface area (Å²) in [6, 6.07) is 19.9. The first kappa shape index (κ1) is 24.8. The van der Waals surface area contributed by atoms with Gasteiger partial charge in [0.1, 0.15) is 0 Å². The first-order chi connectivity index (χ1) is 17.0. The van der Waals surface area contributed by atoms with Gasteiger partial charge in [0, 0.05) is 16.8 Å². The number of hydrogen-bond acceptors (Lipinski definition) is 5. The molecule has 2 amide bonds. The topological polar surface area (TPSA) is 49.9 Å². The highest BCUT2D eigenvalue weighted by molar-refractivity contribution is 7.99. The van der Waals surface area contributed by atoms with Gasteiger partial charge in [0.25, 0.3) is 11.8 Å². The molecule has 2 aliphatic heterocycles. The van der Waals surface area contributed by atoms with Crippen molar-refractivity contribution in [1.29, 1.82) is 0 Å². The Morgan fingerprint density at radius 2 is 1.56 bits per heavy atom. The van der Waals surface area contributed by atoms with Crippen molar-refractivity contribution in [3.8, 4) is 0 Å². The molecule has 3 aromatic carbocycles. The number of imide groups is 1. The van der Waals surface area contributed by atoms with Crippen LogP contribution in [0.15, 0.2) is 70.5 Å². The Balaban J connectivity index is 1.42. The smallest absolute Gasteiger partial charge is 0.261 e. The van der Waals surface area contributed by atoms with Crippen LogP contribution in [-0.2, 0) is 16.6 Å². The molecular formula is C29H32N2O3SSi. The van der Waals surface area contributed by atoms with Crippen LogP contribution in [0.25, 0.3) is 0 Å². The van der Waals surface area contributed by atoms with E-state index in [1.807, 2.05) is 50.2 Å². The Kier molecular flexibility index (Phi) is 6.13. The molecule has 7 heteroatoms. The largest absolute Gasteiger partial charge is 0.415 e. The van der Waals surface area contributed by atoms with Gasteiger partial charge in [-0.25, -0.2) is 0 Å². The van der Waals surface area contributed by atoms with E-state index in [4.69, 9.17) is 4.43 Å². The summed E-state index contributed by atoms with van der Waals surface area (Å²) in [5.41, 5.74) is 4.54. The molecule has 0 aromatic heterocycles. The Morgan fingerprint density at radius 1 is 0.861 bits per heavy atom. The number of amides is 2. The number of fused-ring (bicyclic) bond motifs is 3. The van der Waals surface area contributed by atoms with Gasteiger partial charge in [0.05, 0.1) is 34.6 Å². The Labute approximate surface area is 219 Å². The molecular weight excluding hydrogens is 484 g/mol. The molecule has 0 saturated carbocycles. The lowest BCUT2D eigenvalue weighted by Crippen LogP contribution is -2.30. The molecule has 0 N–H and O–H groups in total. The third kappa shape index (κ3) is 4.40. The second kappa shape index (κ2) is 8.90. The monoisotopic (exact) mass is 516 g/mol. The van der Waals surface area contributed by atoms with Gasteiger partial charge < -0.3 is 9.33 Å². The fraction of sp³-hybridized carbons (Fsp3) is 0.310. The molecule has 36 heavy (non-hydrogen) atoms. The van der Waals surface area contributed by atoms with E-state index in [1.54, 1.807) is 17.8 Å². The summed E-state index contributed by atoms with van der Waals surface area (Å²) in [4.78, 5) is 32.6. The summed E-state index contributed by atoms with van der Waals surface area (Å²) in [5, 5.41) is 0.165. The molecule has 0 spiro atoms. The van der Waals surface area contributed by atoms with Gasteiger partial charge in [-0.3, -0.25) is 14.5 Å². The highest BCUT2D eigenvalue weighted by Crippen LogP contribution is 2.49. The lowest BCUT2D eigenvalue weighted by Gasteiger charge is -2.31. The third-order valence-corrected chi connectivity index (χ3v) is 9.71. The molecule has 5 nitrogen and oxygen atoms in total. The minimum absolute atomic E-state index is 0.165. The SMILES string of the molecule is CN1c2ccccc2Sc2c(CN3C(=O)c4ccc(C(C)(C)O[SiH2]C(C)(C)C)cc4C3=O)cccc21. The van der Waals surface area contributed by atoms with Crippen molar-refractivity contribution < 1.29 is 14.0 Å². The van der Waals surface area contributed by atoms with Crippen LogP contribution in [-0.4, -0.2) is 33.5 Å². The normalized spacial score (nSPS) is 15.5. The number of rotatable bonds is 5. The summed E-state index contributed by atoms with van der Waals surface area (Å²) >= 11 is 1.69. The number of benzene rings is 3.